The van der Waals surface area contributed by atoms with Gasteiger partial charge in [0.1, 0.15) is 5.75 Å². The average molecular weight is 305 g/mol. The molecule has 0 spiro atoms. The summed E-state index contributed by atoms with van der Waals surface area (Å²) in [5.74, 6) is 0.912. The molecule has 0 amide bonds. The van der Waals surface area contributed by atoms with Crippen molar-refractivity contribution in [2.24, 2.45) is 0 Å². The number of nitrogens with two attached hydrogens (primary N) is 1. The summed E-state index contributed by atoms with van der Waals surface area (Å²) in [6, 6.07) is 8.24. The van der Waals surface area contributed by atoms with E-state index in [2.05, 4.69) is 32.1 Å². The number of piperazine rings is 1. The number of benzene rings is 1. The van der Waals surface area contributed by atoms with Crippen molar-refractivity contribution in [1.29, 1.82) is 0 Å². The fourth-order valence-corrected chi connectivity index (χ4v) is 3.14. The number of ether oxygens (including phenoxy) is 1. The van der Waals surface area contributed by atoms with Crippen LogP contribution < -0.4 is 15.4 Å². The molecule has 1 aromatic carbocycles. The lowest BCUT2D eigenvalue weighted by atomic mass is 10.2. The van der Waals surface area contributed by atoms with Crippen molar-refractivity contribution < 1.29 is 4.74 Å². The van der Waals surface area contributed by atoms with Crippen LogP contribution in [0.2, 0.25) is 0 Å². The van der Waals surface area contributed by atoms with Gasteiger partial charge in [0.25, 0.3) is 0 Å². The molecule has 1 fully saturated rings. The largest absolute Gasteiger partial charge is 0.497 e. The molecule has 6 nitrogen and oxygen atoms in total. The van der Waals surface area contributed by atoms with E-state index in [0.717, 1.165) is 43.6 Å². The molecule has 0 atom stereocenters. The summed E-state index contributed by atoms with van der Waals surface area (Å²) in [5.41, 5.74) is 6.92. The second-order valence-electron chi connectivity index (χ2n) is 5.04. The number of nitrogen functional groups attached to an aromatic ring is 1. The van der Waals surface area contributed by atoms with E-state index in [4.69, 9.17) is 10.5 Å². The van der Waals surface area contributed by atoms with E-state index in [1.165, 1.54) is 16.9 Å². The number of anilines is 2. The third kappa shape index (κ3) is 3.43. The first-order chi connectivity index (χ1) is 10.2. The first-order valence-corrected chi connectivity index (χ1v) is 7.75. The number of methoxy groups -OCH3 is 1. The Morgan fingerprint density at radius 1 is 1.24 bits per heavy atom. The van der Waals surface area contributed by atoms with E-state index in [1.54, 1.807) is 7.11 Å². The number of nitrogens with zero attached hydrogens (tertiary/aromatic N) is 4. The van der Waals surface area contributed by atoms with E-state index < -0.39 is 0 Å². The molecule has 0 unspecified atom stereocenters. The Morgan fingerprint density at radius 2 is 2.05 bits per heavy atom. The molecule has 2 aromatic rings. The minimum Gasteiger partial charge on any atom is -0.497 e. The van der Waals surface area contributed by atoms with Gasteiger partial charge in [-0.3, -0.25) is 4.90 Å². The molecule has 7 heteroatoms. The number of rotatable bonds is 4. The molecular formula is C14H19N5OS. The number of hydrogen-bond donors (Lipinski definition) is 1. The van der Waals surface area contributed by atoms with Crippen molar-refractivity contribution in [2.45, 2.75) is 6.54 Å². The number of aromatic nitrogens is 2. The third-order valence-electron chi connectivity index (χ3n) is 3.61. The molecule has 1 aliphatic heterocycles. The summed E-state index contributed by atoms with van der Waals surface area (Å²) >= 11 is 1.45. The van der Waals surface area contributed by atoms with E-state index in [-0.39, 0.29) is 0 Å². The minimum absolute atomic E-state index is 0.531. The second kappa shape index (κ2) is 6.28. The summed E-state index contributed by atoms with van der Waals surface area (Å²) < 4.78 is 5.27. The van der Waals surface area contributed by atoms with Crippen molar-refractivity contribution in [3.8, 4) is 5.75 Å². The quantitative estimate of drug-likeness (QED) is 0.922. The van der Waals surface area contributed by atoms with Crippen molar-refractivity contribution >= 4 is 21.6 Å². The molecule has 0 bridgehead atoms. The minimum atomic E-state index is 0.531. The van der Waals surface area contributed by atoms with Crippen LogP contribution in [0.4, 0.5) is 10.3 Å². The Bertz CT molecular complexity index is 595. The molecular weight excluding hydrogens is 286 g/mol. The van der Waals surface area contributed by atoms with E-state index in [1.807, 2.05) is 12.1 Å². The van der Waals surface area contributed by atoms with Gasteiger partial charge in [-0.2, -0.15) is 0 Å². The van der Waals surface area contributed by atoms with Crippen LogP contribution in [0.15, 0.2) is 24.3 Å². The Hall–Kier alpha value is -1.86. The van der Waals surface area contributed by atoms with Crippen molar-refractivity contribution in [3.63, 3.8) is 0 Å². The molecule has 21 heavy (non-hydrogen) atoms. The molecule has 1 saturated heterocycles. The summed E-state index contributed by atoms with van der Waals surface area (Å²) in [6.45, 7) is 4.88. The molecule has 2 N–H and O–H groups in total. The van der Waals surface area contributed by atoms with Crippen LogP contribution in [0.3, 0.4) is 0 Å². The van der Waals surface area contributed by atoms with Crippen molar-refractivity contribution in [2.75, 3.05) is 43.9 Å². The highest BCUT2D eigenvalue weighted by molar-refractivity contribution is 7.18. The van der Waals surface area contributed by atoms with E-state index in [9.17, 15) is 0 Å². The predicted molar refractivity (Wildman–Crippen MR) is 84.8 cm³/mol. The maximum atomic E-state index is 5.64. The van der Waals surface area contributed by atoms with E-state index in [0.29, 0.717) is 5.13 Å². The second-order valence-corrected chi connectivity index (χ2v) is 6.03. The average Bonchev–Trinajstić information content (AvgIpc) is 2.95. The third-order valence-corrected chi connectivity index (χ3v) is 4.43. The SMILES string of the molecule is COc1cccc(CN2CCN(c3nnc(N)s3)CC2)c1. The van der Waals surface area contributed by atoms with Crippen molar-refractivity contribution in [3.05, 3.63) is 29.8 Å². The highest BCUT2D eigenvalue weighted by Crippen LogP contribution is 2.23. The van der Waals surface area contributed by atoms with E-state index >= 15 is 0 Å². The highest BCUT2D eigenvalue weighted by atomic mass is 32.1. The summed E-state index contributed by atoms with van der Waals surface area (Å²) in [5, 5.41) is 9.44. The lowest BCUT2D eigenvalue weighted by Crippen LogP contribution is -2.45. The van der Waals surface area contributed by atoms with Gasteiger partial charge in [0.05, 0.1) is 7.11 Å². The van der Waals surface area contributed by atoms with Gasteiger partial charge < -0.3 is 15.4 Å². The van der Waals surface area contributed by atoms with Gasteiger partial charge >= 0.3 is 0 Å². The monoisotopic (exact) mass is 305 g/mol. The van der Waals surface area contributed by atoms with Crippen LogP contribution in [-0.2, 0) is 6.54 Å². The highest BCUT2D eigenvalue weighted by Gasteiger charge is 2.19. The number of hydrogen-bond acceptors (Lipinski definition) is 7. The normalized spacial score (nSPS) is 16.1. The van der Waals surface area contributed by atoms with Crippen LogP contribution >= 0.6 is 11.3 Å². The molecule has 0 saturated carbocycles. The zero-order valence-electron chi connectivity index (χ0n) is 12.0. The fraction of sp³-hybridized carbons (Fsp3) is 0.429. The van der Waals surface area contributed by atoms with Crippen molar-refractivity contribution in [1.82, 2.24) is 15.1 Å². The Labute approximate surface area is 128 Å². The molecule has 2 heterocycles. The molecule has 1 aromatic heterocycles. The topological polar surface area (TPSA) is 67.5 Å². The molecule has 1 aliphatic rings. The van der Waals surface area contributed by atoms with Crippen LogP contribution in [0, 0.1) is 0 Å². The Kier molecular flexibility index (Phi) is 4.21. The summed E-state index contributed by atoms with van der Waals surface area (Å²) in [6.07, 6.45) is 0. The first kappa shape index (κ1) is 14.1. The smallest absolute Gasteiger partial charge is 0.210 e. The Morgan fingerprint density at radius 3 is 2.71 bits per heavy atom. The first-order valence-electron chi connectivity index (χ1n) is 6.94. The maximum Gasteiger partial charge on any atom is 0.210 e. The van der Waals surface area contributed by atoms with Crippen LogP contribution in [0.25, 0.3) is 0 Å². The Balaban J connectivity index is 1.56. The zero-order chi connectivity index (χ0) is 14.7. The summed E-state index contributed by atoms with van der Waals surface area (Å²) in [7, 11) is 1.70. The van der Waals surface area contributed by atoms with Crippen LogP contribution in [-0.4, -0.2) is 48.4 Å². The van der Waals surface area contributed by atoms with Crippen LogP contribution in [0.1, 0.15) is 5.56 Å². The standard InChI is InChI=1S/C14H19N5OS/c1-20-12-4-2-3-11(9-12)10-18-5-7-19(8-6-18)14-17-16-13(15)21-14/h2-4,9H,5-8,10H2,1H3,(H2,15,16). The van der Waals surface area contributed by atoms with Crippen LogP contribution in [0.5, 0.6) is 5.75 Å². The fourth-order valence-electron chi connectivity index (χ4n) is 2.48. The van der Waals surface area contributed by atoms with Gasteiger partial charge in [0.15, 0.2) is 0 Å². The lowest BCUT2D eigenvalue weighted by Gasteiger charge is -2.34. The molecule has 3 rings (SSSR count). The zero-order valence-corrected chi connectivity index (χ0v) is 12.8. The molecule has 112 valence electrons. The maximum absolute atomic E-state index is 5.64. The van der Waals surface area contributed by atoms with Gasteiger partial charge in [-0.1, -0.05) is 23.5 Å². The predicted octanol–water partition coefficient (Wildman–Crippen LogP) is 1.45. The lowest BCUT2D eigenvalue weighted by molar-refractivity contribution is 0.249. The van der Waals surface area contributed by atoms with Gasteiger partial charge in [0.2, 0.25) is 10.3 Å². The van der Waals surface area contributed by atoms with Gasteiger partial charge in [-0.15, -0.1) is 10.2 Å². The molecule has 0 aliphatic carbocycles. The molecule has 0 radical (unpaired) electrons. The van der Waals surface area contributed by atoms with Gasteiger partial charge in [-0.05, 0) is 17.7 Å². The van der Waals surface area contributed by atoms with Gasteiger partial charge in [0, 0.05) is 32.7 Å². The summed E-state index contributed by atoms with van der Waals surface area (Å²) in [4.78, 5) is 4.69. The van der Waals surface area contributed by atoms with Gasteiger partial charge in [-0.25, -0.2) is 0 Å².